The van der Waals surface area contributed by atoms with Gasteiger partial charge in [-0.25, -0.2) is 4.39 Å². The quantitative estimate of drug-likeness (QED) is 0.699. The van der Waals surface area contributed by atoms with Gasteiger partial charge in [0, 0.05) is 17.5 Å². The minimum absolute atomic E-state index is 0.154. The van der Waals surface area contributed by atoms with Crippen LogP contribution < -0.4 is 5.32 Å². The molecule has 0 fully saturated rings. The lowest BCUT2D eigenvalue weighted by molar-refractivity contribution is 0.588. The maximum atomic E-state index is 13.4. The molecule has 1 aromatic heterocycles. The average molecular weight is 269 g/mol. The highest BCUT2D eigenvalue weighted by molar-refractivity contribution is 5.78. The van der Waals surface area contributed by atoms with E-state index >= 15 is 0 Å². The van der Waals surface area contributed by atoms with Crippen LogP contribution in [-0.2, 0) is 13.0 Å². The average Bonchev–Trinajstić information content (AvgIpc) is 2.93. The van der Waals surface area contributed by atoms with Gasteiger partial charge < -0.3 is 5.32 Å². The van der Waals surface area contributed by atoms with Crippen molar-refractivity contribution in [3.05, 3.63) is 65.6 Å². The Bertz CT molecular complexity index is 706. The zero-order valence-electron chi connectivity index (χ0n) is 11.1. The van der Waals surface area contributed by atoms with Gasteiger partial charge in [-0.1, -0.05) is 30.3 Å². The number of nitrogens with one attached hydrogen (secondary N) is 2. The number of benzene rings is 2. The van der Waals surface area contributed by atoms with E-state index in [-0.39, 0.29) is 5.82 Å². The first-order valence-electron chi connectivity index (χ1n) is 6.69. The monoisotopic (exact) mass is 269 g/mol. The molecule has 3 aromatic rings. The van der Waals surface area contributed by atoms with Crippen molar-refractivity contribution in [2.45, 2.75) is 13.0 Å². The molecule has 0 atom stereocenters. The number of H-pyrrole nitrogens is 1. The van der Waals surface area contributed by atoms with Gasteiger partial charge in [-0.15, -0.1) is 0 Å². The van der Waals surface area contributed by atoms with Crippen molar-refractivity contribution in [3.63, 3.8) is 0 Å². The lowest BCUT2D eigenvalue weighted by Crippen LogP contribution is -2.17. The van der Waals surface area contributed by atoms with E-state index in [1.54, 1.807) is 12.1 Å². The van der Waals surface area contributed by atoms with Crippen molar-refractivity contribution in [2.24, 2.45) is 0 Å². The molecule has 20 heavy (non-hydrogen) atoms. The van der Waals surface area contributed by atoms with E-state index in [9.17, 15) is 4.39 Å². The summed E-state index contributed by atoms with van der Waals surface area (Å²) in [4.78, 5) is 0. The molecule has 0 aliphatic heterocycles. The van der Waals surface area contributed by atoms with Crippen molar-refractivity contribution in [1.29, 1.82) is 0 Å². The molecule has 3 nitrogen and oxygen atoms in total. The Morgan fingerprint density at radius 1 is 1.15 bits per heavy atom. The fourth-order valence-corrected chi connectivity index (χ4v) is 2.24. The van der Waals surface area contributed by atoms with Crippen LogP contribution in [0.2, 0.25) is 0 Å². The SMILES string of the molecule is Fc1ccccc1CNCCc1ccc2cn[nH]c2c1. The highest BCUT2D eigenvalue weighted by Gasteiger charge is 2.01. The first-order valence-corrected chi connectivity index (χ1v) is 6.69. The summed E-state index contributed by atoms with van der Waals surface area (Å²) in [5, 5.41) is 11.4. The summed E-state index contributed by atoms with van der Waals surface area (Å²) in [7, 11) is 0. The summed E-state index contributed by atoms with van der Waals surface area (Å²) in [5.41, 5.74) is 3.00. The minimum Gasteiger partial charge on any atom is -0.312 e. The van der Waals surface area contributed by atoms with Crippen molar-refractivity contribution >= 4 is 10.9 Å². The van der Waals surface area contributed by atoms with Gasteiger partial charge >= 0.3 is 0 Å². The normalized spacial score (nSPS) is 11.1. The fraction of sp³-hybridized carbons (Fsp3) is 0.188. The van der Waals surface area contributed by atoms with Crippen LogP contribution in [0.5, 0.6) is 0 Å². The summed E-state index contributed by atoms with van der Waals surface area (Å²) < 4.78 is 13.4. The maximum absolute atomic E-state index is 13.4. The fourth-order valence-electron chi connectivity index (χ4n) is 2.24. The largest absolute Gasteiger partial charge is 0.312 e. The van der Waals surface area contributed by atoms with Crippen molar-refractivity contribution in [3.8, 4) is 0 Å². The van der Waals surface area contributed by atoms with Crippen LogP contribution in [0.1, 0.15) is 11.1 Å². The van der Waals surface area contributed by atoms with Gasteiger partial charge in [0.2, 0.25) is 0 Å². The molecule has 2 aromatic carbocycles. The van der Waals surface area contributed by atoms with E-state index in [1.807, 2.05) is 12.3 Å². The lowest BCUT2D eigenvalue weighted by atomic mass is 10.1. The van der Waals surface area contributed by atoms with Crippen molar-refractivity contribution < 1.29 is 4.39 Å². The summed E-state index contributed by atoms with van der Waals surface area (Å²) in [5.74, 6) is -0.154. The molecule has 4 heteroatoms. The van der Waals surface area contributed by atoms with E-state index in [0.29, 0.717) is 12.1 Å². The van der Waals surface area contributed by atoms with Crippen molar-refractivity contribution in [2.75, 3.05) is 6.54 Å². The van der Waals surface area contributed by atoms with Gasteiger partial charge in [-0.2, -0.15) is 5.10 Å². The molecule has 2 N–H and O–H groups in total. The van der Waals surface area contributed by atoms with Gasteiger partial charge in [0.25, 0.3) is 0 Å². The third kappa shape index (κ3) is 2.86. The molecule has 0 aliphatic carbocycles. The number of aromatic nitrogens is 2. The molecule has 0 bridgehead atoms. The smallest absolute Gasteiger partial charge is 0.127 e. The number of fused-ring (bicyclic) bond motifs is 1. The Morgan fingerprint density at radius 3 is 2.95 bits per heavy atom. The van der Waals surface area contributed by atoms with Crippen LogP contribution >= 0.6 is 0 Å². The minimum atomic E-state index is -0.154. The van der Waals surface area contributed by atoms with Crippen LogP contribution in [0.25, 0.3) is 10.9 Å². The molecule has 0 saturated heterocycles. The first-order chi connectivity index (χ1) is 9.83. The zero-order chi connectivity index (χ0) is 13.8. The summed E-state index contributed by atoms with van der Waals surface area (Å²) >= 11 is 0. The van der Waals surface area contributed by atoms with E-state index in [2.05, 4.69) is 33.7 Å². The Hall–Kier alpha value is -2.20. The molecular formula is C16H16FN3. The van der Waals surface area contributed by atoms with E-state index < -0.39 is 0 Å². The zero-order valence-corrected chi connectivity index (χ0v) is 11.1. The van der Waals surface area contributed by atoms with Gasteiger partial charge in [0.1, 0.15) is 5.82 Å². The predicted octanol–water partition coefficient (Wildman–Crippen LogP) is 3.03. The number of hydrogen-bond acceptors (Lipinski definition) is 2. The topological polar surface area (TPSA) is 40.7 Å². The number of hydrogen-bond donors (Lipinski definition) is 2. The third-order valence-corrected chi connectivity index (χ3v) is 3.37. The Kier molecular flexibility index (Phi) is 3.74. The molecule has 0 amide bonds. The summed E-state index contributed by atoms with van der Waals surface area (Å²) in [6.07, 6.45) is 2.72. The second-order valence-corrected chi connectivity index (χ2v) is 4.81. The van der Waals surface area contributed by atoms with Gasteiger partial charge in [0.05, 0.1) is 11.7 Å². The Labute approximate surface area is 116 Å². The number of halogens is 1. The molecule has 0 radical (unpaired) electrons. The predicted molar refractivity (Wildman–Crippen MR) is 77.9 cm³/mol. The highest BCUT2D eigenvalue weighted by atomic mass is 19.1. The second kappa shape index (κ2) is 5.84. The van der Waals surface area contributed by atoms with Gasteiger partial charge in [-0.05, 0) is 30.7 Å². The first kappa shape index (κ1) is 12.8. The molecular weight excluding hydrogens is 253 g/mol. The van der Waals surface area contributed by atoms with E-state index in [1.165, 1.54) is 11.6 Å². The molecule has 102 valence electrons. The number of rotatable bonds is 5. The Morgan fingerprint density at radius 2 is 2.05 bits per heavy atom. The van der Waals surface area contributed by atoms with Gasteiger partial charge in [-0.3, -0.25) is 5.10 Å². The second-order valence-electron chi connectivity index (χ2n) is 4.81. The third-order valence-electron chi connectivity index (χ3n) is 3.37. The molecule has 1 heterocycles. The lowest BCUT2D eigenvalue weighted by Gasteiger charge is -2.06. The van der Waals surface area contributed by atoms with E-state index in [0.717, 1.165) is 23.9 Å². The highest BCUT2D eigenvalue weighted by Crippen LogP contribution is 2.13. The van der Waals surface area contributed by atoms with Crippen LogP contribution in [0.15, 0.2) is 48.7 Å². The van der Waals surface area contributed by atoms with E-state index in [4.69, 9.17) is 0 Å². The van der Waals surface area contributed by atoms with Crippen LogP contribution in [0.4, 0.5) is 4.39 Å². The molecule has 0 saturated carbocycles. The molecule has 3 rings (SSSR count). The summed E-state index contributed by atoms with van der Waals surface area (Å²) in [6.45, 7) is 1.37. The number of aromatic amines is 1. The Balaban J connectivity index is 1.53. The van der Waals surface area contributed by atoms with Crippen LogP contribution in [0.3, 0.4) is 0 Å². The summed E-state index contributed by atoms with van der Waals surface area (Å²) in [6, 6.07) is 13.1. The standard InChI is InChI=1S/C16H16FN3/c17-15-4-2-1-3-13(15)10-18-8-7-12-5-6-14-11-19-20-16(14)9-12/h1-6,9,11,18H,7-8,10H2,(H,19,20). The van der Waals surface area contributed by atoms with Gasteiger partial charge in [0.15, 0.2) is 0 Å². The molecule has 0 spiro atoms. The van der Waals surface area contributed by atoms with Crippen LogP contribution in [-0.4, -0.2) is 16.7 Å². The maximum Gasteiger partial charge on any atom is 0.127 e. The number of nitrogens with zero attached hydrogens (tertiary/aromatic N) is 1. The molecule has 0 aliphatic rings. The molecule has 0 unspecified atom stereocenters. The van der Waals surface area contributed by atoms with Crippen molar-refractivity contribution in [1.82, 2.24) is 15.5 Å². The van der Waals surface area contributed by atoms with Crippen LogP contribution in [0, 0.1) is 5.82 Å².